The number of carboxylic acid groups (broad SMARTS) is 1. The van der Waals surface area contributed by atoms with Crippen molar-refractivity contribution in [3.63, 3.8) is 0 Å². The Bertz CT molecular complexity index is 1590. The van der Waals surface area contributed by atoms with E-state index in [2.05, 4.69) is 4.98 Å². The summed E-state index contributed by atoms with van der Waals surface area (Å²) in [6, 6.07) is 20.2. The summed E-state index contributed by atoms with van der Waals surface area (Å²) < 4.78 is 20.6. The first-order chi connectivity index (χ1) is 16.5. The summed E-state index contributed by atoms with van der Waals surface area (Å²) >= 11 is 1.17. The molecule has 0 amide bonds. The van der Waals surface area contributed by atoms with Crippen LogP contribution in [-0.4, -0.2) is 21.8 Å². The lowest BCUT2D eigenvalue weighted by atomic mass is 10.1. The van der Waals surface area contributed by atoms with Crippen molar-refractivity contribution in [1.29, 1.82) is 0 Å². The minimum absolute atomic E-state index is 0.245. The lowest BCUT2D eigenvalue weighted by Gasteiger charge is -2.08. The van der Waals surface area contributed by atoms with Crippen LogP contribution in [0.4, 0.5) is 4.39 Å². The van der Waals surface area contributed by atoms with Crippen LogP contribution in [0.25, 0.3) is 27.1 Å². The van der Waals surface area contributed by atoms with E-state index in [4.69, 9.17) is 9.84 Å². The number of hydrogen-bond donors (Lipinski definition) is 1. The van der Waals surface area contributed by atoms with E-state index in [1.807, 2.05) is 18.2 Å². The summed E-state index contributed by atoms with van der Waals surface area (Å²) in [5.41, 5.74) is 1.84. The molecule has 5 rings (SSSR count). The highest BCUT2D eigenvalue weighted by molar-refractivity contribution is 7.21. The van der Waals surface area contributed by atoms with Crippen LogP contribution in [0.2, 0.25) is 0 Å². The molecule has 0 saturated heterocycles. The number of aliphatic carboxylic acids is 1. The van der Waals surface area contributed by atoms with E-state index >= 15 is 0 Å². The monoisotopic (exact) mass is 469 g/mol. The first-order valence-corrected chi connectivity index (χ1v) is 11.1. The number of nitrogens with zero attached hydrogens (tertiary/aromatic N) is 1. The maximum atomic E-state index is 13.9. The normalized spacial score (nSPS) is 11.3. The Morgan fingerprint density at radius 1 is 1.00 bits per heavy atom. The highest BCUT2D eigenvalue weighted by Gasteiger charge is 2.22. The number of hydrogen-bond acceptors (Lipinski definition) is 5. The van der Waals surface area contributed by atoms with Crippen LogP contribution in [0.1, 0.15) is 20.8 Å². The zero-order valence-corrected chi connectivity index (χ0v) is 18.4. The first-order valence-electron chi connectivity index (χ1n) is 10.3. The number of fused-ring (bicyclic) bond motifs is 2. The van der Waals surface area contributed by atoms with Gasteiger partial charge in [0.2, 0.25) is 5.78 Å². The van der Waals surface area contributed by atoms with E-state index in [0.717, 1.165) is 11.5 Å². The van der Waals surface area contributed by atoms with Gasteiger partial charge in [0.1, 0.15) is 16.4 Å². The second kappa shape index (κ2) is 8.88. The Labute approximate surface area is 197 Å². The molecule has 2 heterocycles. The van der Waals surface area contributed by atoms with Crippen molar-refractivity contribution in [3.05, 3.63) is 107 Å². The highest BCUT2D eigenvalue weighted by Crippen LogP contribution is 2.42. The average molecular weight is 469 g/mol. The summed E-state index contributed by atoms with van der Waals surface area (Å²) in [6.07, 6.45) is 4.19. The fraction of sp³-hybridized carbons (Fsp3) is 0. The zero-order chi connectivity index (χ0) is 23.7. The van der Waals surface area contributed by atoms with Crippen molar-refractivity contribution in [2.24, 2.45) is 0 Å². The molecular weight excluding hydrogens is 453 g/mol. The van der Waals surface area contributed by atoms with Gasteiger partial charge in [-0.3, -0.25) is 9.78 Å². The molecule has 166 valence electrons. The van der Waals surface area contributed by atoms with Crippen LogP contribution in [0.3, 0.4) is 0 Å². The molecule has 0 saturated carbocycles. The van der Waals surface area contributed by atoms with Gasteiger partial charge in [-0.2, -0.15) is 0 Å². The number of pyridine rings is 1. The number of benzene rings is 3. The largest absolute Gasteiger partial charge is 0.478 e. The third-order valence-electron chi connectivity index (χ3n) is 5.20. The summed E-state index contributed by atoms with van der Waals surface area (Å²) in [4.78, 5) is 28.9. The van der Waals surface area contributed by atoms with Gasteiger partial charge >= 0.3 is 5.97 Å². The fourth-order valence-electron chi connectivity index (χ4n) is 3.57. The lowest BCUT2D eigenvalue weighted by molar-refractivity contribution is -0.131. The summed E-state index contributed by atoms with van der Waals surface area (Å²) in [5.74, 6) is -0.871. The van der Waals surface area contributed by atoms with E-state index in [9.17, 15) is 14.0 Å². The van der Waals surface area contributed by atoms with Gasteiger partial charge in [0.25, 0.3) is 0 Å². The number of ether oxygens (including phenoxy) is 1. The van der Waals surface area contributed by atoms with Crippen LogP contribution < -0.4 is 4.74 Å². The van der Waals surface area contributed by atoms with Gasteiger partial charge in [-0.1, -0.05) is 30.3 Å². The molecule has 0 unspecified atom stereocenters. The standard InChI is InChI=1S/C27H16FNO4S/c28-19-8-11-21-23(15-19)34-27(25(32)18-7-6-17-2-1-13-29-22(17)14-18)26(21)33-20-9-3-16(4-10-20)5-12-24(30)31/h1-15H,(H,30,31)/b12-5+. The Morgan fingerprint density at radius 2 is 1.82 bits per heavy atom. The predicted molar refractivity (Wildman–Crippen MR) is 130 cm³/mol. The Hall–Kier alpha value is -4.36. The molecule has 0 fully saturated rings. The maximum Gasteiger partial charge on any atom is 0.328 e. The third kappa shape index (κ3) is 4.29. The number of aromatic nitrogens is 1. The van der Waals surface area contributed by atoms with E-state index in [0.29, 0.717) is 43.1 Å². The van der Waals surface area contributed by atoms with Gasteiger partial charge in [-0.25, -0.2) is 9.18 Å². The van der Waals surface area contributed by atoms with Crippen molar-refractivity contribution in [2.45, 2.75) is 0 Å². The van der Waals surface area contributed by atoms with Crippen molar-refractivity contribution in [3.8, 4) is 11.5 Å². The van der Waals surface area contributed by atoms with Gasteiger partial charge in [-0.15, -0.1) is 11.3 Å². The summed E-state index contributed by atoms with van der Waals surface area (Å²) in [6.45, 7) is 0. The van der Waals surface area contributed by atoms with Gasteiger partial charge in [0.05, 0.1) is 5.52 Å². The second-order valence-corrected chi connectivity index (χ2v) is 8.54. The third-order valence-corrected chi connectivity index (χ3v) is 6.33. The van der Waals surface area contributed by atoms with Crippen LogP contribution in [0.5, 0.6) is 11.5 Å². The topological polar surface area (TPSA) is 76.5 Å². The molecule has 5 nitrogen and oxygen atoms in total. The first kappa shape index (κ1) is 21.5. The molecule has 0 aliphatic rings. The molecule has 0 aliphatic heterocycles. The second-order valence-electron chi connectivity index (χ2n) is 7.48. The van der Waals surface area contributed by atoms with Gasteiger partial charge in [-0.05, 0) is 54.1 Å². The smallest absolute Gasteiger partial charge is 0.328 e. The molecule has 0 aliphatic carbocycles. The van der Waals surface area contributed by atoms with Gasteiger partial charge < -0.3 is 9.84 Å². The van der Waals surface area contributed by atoms with Crippen LogP contribution in [-0.2, 0) is 4.79 Å². The molecule has 7 heteroatoms. The Balaban J connectivity index is 1.55. The molecular formula is C27H16FNO4S. The zero-order valence-electron chi connectivity index (χ0n) is 17.6. The van der Waals surface area contributed by atoms with Crippen molar-refractivity contribution in [2.75, 3.05) is 0 Å². The van der Waals surface area contributed by atoms with Crippen LogP contribution in [0.15, 0.2) is 85.1 Å². The molecule has 34 heavy (non-hydrogen) atoms. The van der Waals surface area contributed by atoms with E-state index in [1.54, 1.807) is 48.7 Å². The van der Waals surface area contributed by atoms with Crippen molar-refractivity contribution >= 4 is 50.2 Å². The molecule has 0 spiro atoms. The number of rotatable bonds is 6. The van der Waals surface area contributed by atoms with Crippen molar-refractivity contribution < 1.29 is 23.8 Å². The van der Waals surface area contributed by atoms with E-state index < -0.39 is 11.8 Å². The molecule has 2 aromatic heterocycles. The fourth-order valence-corrected chi connectivity index (χ4v) is 4.69. The molecule has 1 N–H and O–H groups in total. The predicted octanol–water partition coefficient (Wildman–Crippen LogP) is 6.71. The highest BCUT2D eigenvalue weighted by atomic mass is 32.1. The Morgan fingerprint density at radius 3 is 2.62 bits per heavy atom. The number of carbonyl (C=O) groups is 2. The maximum absolute atomic E-state index is 13.9. The number of carbonyl (C=O) groups excluding carboxylic acids is 1. The van der Waals surface area contributed by atoms with Gasteiger partial charge in [0, 0.05) is 33.3 Å². The minimum Gasteiger partial charge on any atom is -0.478 e. The van der Waals surface area contributed by atoms with Crippen LogP contribution >= 0.6 is 11.3 Å². The average Bonchev–Trinajstić information content (AvgIpc) is 3.19. The number of thiophene rings is 1. The molecule has 5 aromatic rings. The lowest BCUT2D eigenvalue weighted by Crippen LogP contribution is -2.01. The van der Waals surface area contributed by atoms with Gasteiger partial charge in [0.15, 0.2) is 5.75 Å². The van der Waals surface area contributed by atoms with E-state index in [-0.39, 0.29) is 5.78 Å². The summed E-state index contributed by atoms with van der Waals surface area (Å²) in [5, 5.41) is 10.3. The van der Waals surface area contributed by atoms with E-state index in [1.165, 1.54) is 29.5 Å². The quantitative estimate of drug-likeness (QED) is 0.221. The van der Waals surface area contributed by atoms with Crippen LogP contribution in [0, 0.1) is 5.82 Å². The molecule has 0 radical (unpaired) electrons. The minimum atomic E-state index is -1.04. The Kier molecular flexibility index (Phi) is 5.61. The number of halogens is 1. The summed E-state index contributed by atoms with van der Waals surface area (Å²) in [7, 11) is 0. The number of carboxylic acids is 1. The number of ketones is 1. The molecule has 3 aromatic carbocycles. The molecule has 0 bridgehead atoms. The molecule has 0 atom stereocenters. The van der Waals surface area contributed by atoms with Crippen molar-refractivity contribution in [1.82, 2.24) is 4.98 Å². The SMILES string of the molecule is O=C(O)/C=C/c1ccc(Oc2c(C(=O)c3ccc4cccnc4c3)sc3cc(F)ccc23)cc1.